The van der Waals surface area contributed by atoms with Crippen LogP contribution < -0.4 is 11.1 Å². The van der Waals surface area contributed by atoms with Crippen LogP contribution in [0.2, 0.25) is 0 Å². The highest BCUT2D eigenvalue weighted by Gasteiger charge is 2.08. The Balaban J connectivity index is 2.16. The molecule has 0 saturated carbocycles. The summed E-state index contributed by atoms with van der Waals surface area (Å²) in [5.41, 5.74) is 9.13. The van der Waals surface area contributed by atoms with Crippen molar-refractivity contribution < 1.29 is 0 Å². The van der Waals surface area contributed by atoms with Gasteiger partial charge in [0, 0.05) is 6.04 Å². The summed E-state index contributed by atoms with van der Waals surface area (Å²) < 4.78 is 0. The van der Waals surface area contributed by atoms with E-state index in [0.29, 0.717) is 11.3 Å². The fourth-order valence-corrected chi connectivity index (χ4v) is 1.88. The highest BCUT2D eigenvalue weighted by atomic mass is 15.0. The molecule has 4 nitrogen and oxygen atoms in total. The van der Waals surface area contributed by atoms with Gasteiger partial charge in [-0.1, -0.05) is 12.1 Å². The fourth-order valence-electron chi connectivity index (χ4n) is 1.88. The summed E-state index contributed by atoms with van der Waals surface area (Å²) in [6, 6.07) is 11.6. The average molecular weight is 252 g/mol. The van der Waals surface area contributed by atoms with Crippen LogP contribution in [0.3, 0.4) is 0 Å². The molecule has 0 fully saturated rings. The van der Waals surface area contributed by atoms with Crippen molar-refractivity contribution in [1.29, 1.82) is 5.26 Å². The third-order valence-electron chi connectivity index (χ3n) is 2.99. The van der Waals surface area contributed by atoms with Crippen LogP contribution in [-0.2, 0) is 0 Å². The maximum Gasteiger partial charge on any atom is 0.129 e. The maximum absolute atomic E-state index is 8.78. The van der Waals surface area contributed by atoms with E-state index in [0.717, 1.165) is 16.9 Å². The number of hydrogen-bond acceptors (Lipinski definition) is 4. The van der Waals surface area contributed by atoms with E-state index in [1.807, 2.05) is 37.3 Å². The molecule has 0 aliphatic rings. The van der Waals surface area contributed by atoms with E-state index in [1.165, 1.54) is 0 Å². The molecule has 0 aliphatic carbocycles. The fraction of sp³-hybridized carbons (Fsp3) is 0.200. The van der Waals surface area contributed by atoms with E-state index in [2.05, 4.69) is 23.3 Å². The number of benzene rings is 1. The third kappa shape index (κ3) is 3.02. The second kappa shape index (κ2) is 5.40. The van der Waals surface area contributed by atoms with Gasteiger partial charge >= 0.3 is 0 Å². The minimum absolute atomic E-state index is 0.113. The van der Waals surface area contributed by atoms with Gasteiger partial charge in [0.2, 0.25) is 0 Å². The van der Waals surface area contributed by atoms with Gasteiger partial charge in [-0.15, -0.1) is 0 Å². The quantitative estimate of drug-likeness (QED) is 0.880. The Bertz CT molecular complexity index is 611. The number of rotatable bonds is 3. The molecule has 1 atom stereocenters. The van der Waals surface area contributed by atoms with Crippen LogP contribution in [0, 0.1) is 18.3 Å². The van der Waals surface area contributed by atoms with Crippen molar-refractivity contribution in [3.63, 3.8) is 0 Å². The minimum atomic E-state index is 0.113. The van der Waals surface area contributed by atoms with E-state index >= 15 is 0 Å². The van der Waals surface area contributed by atoms with Crippen molar-refractivity contribution in [1.82, 2.24) is 4.98 Å². The number of nitrogens with zero attached hydrogens (tertiary/aromatic N) is 2. The predicted octanol–water partition coefficient (Wildman–Crippen LogP) is 3.02. The summed E-state index contributed by atoms with van der Waals surface area (Å²) in [5.74, 6) is 0.825. The molecule has 0 aliphatic heterocycles. The Morgan fingerprint density at radius 3 is 2.58 bits per heavy atom. The zero-order valence-electron chi connectivity index (χ0n) is 11.0. The standard InChI is InChI=1S/C15H16N4/c1-10-7-14(17)9-18-15(10)19-11(2)13-5-3-12(8-16)4-6-13/h3-7,9,11H,17H2,1-2H3,(H,18,19). The van der Waals surface area contributed by atoms with Crippen molar-refractivity contribution in [2.45, 2.75) is 19.9 Å². The van der Waals surface area contributed by atoms with Crippen LogP contribution >= 0.6 is 0 Å². The lowest BCUT2D eigenvalue weighted by atomic mass is 10.1. The van der Waals surface area contributed by atoms with Crippen molar-refractivity contribution >= 4 is 11.5 Å². The molecule has 1 aromatic heterocycles. The molecule has 1 unspecified atom stereocenters. The zero-order chi connectivity index (χ0) is 13.8. The van der Waals surface area contributed by atoms with Crippen LogP contribution in [0.5, 0.6) is 0 Å². The Morgan fingerprint density at radius 1 is 1.32 bits per heavy atom. The number of nitriles is 1. The molecule has 0 saturated heterocycles. The number of nitrogens with one attached hydrogen (secondary N) is 1. The number of anilines is 2. The molecule has 96 valence electrons. The second-order valence-electron chi connectivity index (χ2n) is 4.53. The average Bonchev–Trinajstić information content (AvgIpc) is 2.42. The monoisotopic (exact) mass is 252 g/mol. The predicted molar refractivity (Wildman–Crippen MR) is 76.6 cm³/mol. The van der Waals surface area contributed by atoms with Crippen molar-refractivity contribution in [3.05, 3.63) is 53.2 Å². The molecule has 19 heavy (non-hydrogen) atoms. The summed E-state index contributed by atoms with van der Waals surface area (Å²) in [6.07, 6.45) is 1.64. The van der Waals surface area contributed by atoms with Gasteiger partial charge in [0.15, 0.2) is 0 Å². The molecule has 3 N–H and O–H groups in total. The van der Waals surface area contributed by atoms with Crippen LogP contribution in [0.25, 0.3) is 0 Å². The number of pyridine rings is 1. The second-order valence-corrected chi connectivity index (χ2v) is 4.53. The van der Waals surface area contributed by atoms with Gasteiger partial charge in [0.05, 0.1) is 23.5 Å². The first-order valence-electron chi connectivity index (χ1n) is 6.09. The van der Waals surface area contributed by atoms with E-state index < -0.39 is 0 Å². The molecule has 2 aromatic rings. The molecular formula is C15H16N4. The Hall–Kier alpha value is -2.54. The third-order valence-corrected chi connectivity index (χ3v) is 2.99. The van der Waals surface area contributed by atoms with E-state index in [-0.39, 0.29) is 6.04 Å². The van der Waals surface area contributed by atoms with Gasteiger partial charge in [0.1, 0.15) is 5.82 Å². The lowest BCUT2D eigenvalue weighted by molar-refractivity contribution is 0.871. The smallest absolute Gasteiger partial charge is 0.129 e. The molecular weight excluding hydrogens is 236 g/mol. The lowest BCUT2D eigenvalue weighted by Crippen LogP contribution is -2.09. The highest BCUT2D eigenvalue weighted by molar-refractivity contribution is 5.52. The Morgan fingerprint density at radius 2 is 2.00 bits per heavy atom. The van der Waals surface area contributed by atoms with Crippen LogP contribution in [0.15, 0.2) is 36.5 Å². The zero-order valence-corrected chi connectivity index (χ0v) is 11.0. The summed E-state index contributed by atoms with van der Waals surface area (Å²) in [5, 5.41) is 12.1. The van der Waals surface area contributed by atoms with E-state index in [4.69, 9.17) is 11.0 Å². The van der Waals surface area contributed by atoms with Gasteiger partial charge in [-0.05, 0) is 43.2 Å². The number of nitrogens with two attached hydrogens (primary N) is 1. The Labute approximate surface area is 112 Å². The topological polar surface area (TPSA) is 74.7 Å². The normalized spacial score (nSPS) is 11.6. The first kappa shape index (κ1) is 12.9. The maximum atomic E-state index is 8.78. The number of aryl methyl sites for hydroxylation is 1. The molecule has 4 heteroatoms. The van der Waals surface area contributed by atoms with Gasteiger partial charge in [0.25, 0.3) is 0 Å². The van der Waals surface area contributed by atoms with Gasteiger partial charge in [-0.25, -0.2) is 4.98 Å². The van der Waals surface area contributed by atoms with Crippen molar-refractivity contribution in [3.8, 4) is 6.07 Å². The number of nitrogen functional groups attached to an aromatic ring is 1. The number of hydrogen-bond donors (Lipinski definition) is 2. The molecule has 0 spiro atoms. The summed E-state index contributed by atoms with van der Waals surface area (Å²) in [7, 11) is 0. The molecule has 0 radical (unpaired) electrons. The minimum Gasteiger partial charge on any atom is -0.397 e. The summed E-state index contributed by atoms with van der Waals surface area (Å²) >= 11 is 0. The Kier molecular flexibility index (Phi) is 3.67. The van der Waals surface area contributed by atoms with Crippen LogP contribution in [0.4, 0.5) is 11.5 Å². The van der Waals surface area contributed by atoms with Crippen LogP contribution in [0.1, 0.15) is 29.7 Å². The largest absolute Gasteiger partial charge is 0.397 e. The van der Waals surface area contributed by atoms with E-state index in [1.54, 1.807) is 6.20 Å². The summed E-state index contributed by atoms with van der Waals surface area (Å²) in [6.45, 7) is 4.02. The highest BCUT2D eigenvalue weighted by Crippen LogP contribution is 2.21. The summed E-state index contributed by atoms with van der Waals surface area (Å²) in [4.78, 5) is 4.29. The van der Waals surface area contributed by atoms with Crippen molar-refractivity contribution in [2.24, 2.45) is 0 Å². The van der Waals surface area contributed by atoms with E-state index in [9.17, 15) is 0 Å². The number of aromatic nitrogens is 1. The molecule has 0 bridgehead atoms. The SMILES string of the molecule is Cc1cc(N)cnc1NC(C)c1ccc(C#N)cc1. The first-order chi connectivity index (χ1) is 9.10. The first-order valence-corrected chi connectivity index (χ1v) is 6.09. The van der Waals surface area contributed by atoms with Gasteiger partial charge in [-0.3, -0.25) is 0 Å². The molecule has 2 rings (SSSR count). The van der Waals surface area contributed by atoms with Crippen molar-refractivity contribution in [2.75, 3.05) is 11.1 Å². The van der Waals surface area contributed by atoms with Crippen LogP contribution in [-0.4, -0.2) is 4.98 Å². The van der Waals surface area contributed by atoms with Gasteiger partial charge in [-0.2, -0.15) is 5.26 Å². The molecule has 1 heterocycles. The lowest BCUT2D eigenvalue weighted by Gasteiger charge is -2.16. The molecule has 1 aromatic carbocycles. The van der Waals surface area contributed by atoms with Gasteiger partial charge < -0.3 is 11.1 Å². The molecule has 0 amide bonds.